The Hall–Kier alpha value is -2.57. The Morgan fingerprint density at radius 3 is 2.57 bits per heavy atom. The SMILES string of the molecule is Cc1cccc(C(=O)O)c1Oc1ncccc1C(F)(F)F. The molecule has 0 aliphatic heterocycles. The number of carbonyl (C=O) groups is 1. The van der Waals surface area contributed by atoms with E-state index in [1.807, 2.05) is 0 Å². The molecule has 0 atom stereocenters. The van der Waals surface area contributed by atoms with Crippen molar-refractivity contribution in [1.82, 2.24) is 4.98 Å². The Labute approximate surface area is 117 Å². The zero-order valence-electron chi connectivity index (χ0n) is 10.8. The number of benzene rings is 1. The fourth-order valence-corrected chi connectivity index (χ4v) is 1.74. The van der Waals surface area contributed by atoms with E-state index in [1.165, 1.54) is 25.1 Å². The van der Waals surface area contributed by atoms with E-state index in [2.05, 4.69) is 4.98 Å². The summed E-state index contributed by atoms with van der Waals surface area (Å²) in [6.45, 7) is 1.54. The standard InChI is InChI=1S/C14H10F3NO3/c1-8-4-2-5-9(13(19)20)11(8)21-12-10(14(15,16)17)6-3-7-18-12/h2-7H,1H3,(H,19,20). The molecular weight excluding hydrogens is 287 g/mol. The zero-order valence-corrected chi connectivity index (χ0v) is 10.8. The number of para-hydroxylation sites is 1. The Morgan fingerprint density at radius 1 is 1.24 bits per heavy atom. The van der Waals surface area contributed by atoms with Crippen molar-refractivity contribution in [3.63, 3.8) is 0 Å². The van der Waals surface area contributed by atoms with Gasteiger partial charge in [0, 0.05) is 6.20 Å². The maximum Gasteiger partial charge on any atom is 0.421 e. The first kappa shape index (κ1) is 14.8. The van der Waals surface area contributed by atoms with Gasteiger partial charge in [-0.05, 0) is 30.7 Å². The third kappa shape index (κ3) is 3.13. The molecule has 0 aliphatic carbocycles. The number of hydrogen-bond donors (Lipinski definition) is 1. The van der Waals surface area contributed by atoms with E-state index in [4.69, 9.17) is 9.84 Å². The highest BCUT2D eigenvalue weighted by molar-refractivity contribution is 5.91. The van der Waals surface area contributed by atoms with Crippen LogP contribution in [0.2, 0.25) is 0 Å². The molecule has 2 rings (SSSR count). The van der Waals surface area contributed by atoms with Crippen LogP contribution in [0.15, 0.2) is 36.5 Å². The molecule has 4 nitrogen and oxygen atoms in total. The quantitative estimate of drug-likeness (QED) is 0.933. The van der Waals surface area contributed by atoms with Crippen LogP contribution in [0.3, 0.4) is 0 Å². The minimum atomic E-state index is -4.64. The largest absolute Gasteiger partial charge is 0.478 e. The molecule has 0 saturated heterocycles. The summed E-state index contributed by atoms with van der Waals surface area (Å²) in [4.78, 5) is 14.7. The topological polar surface area (TPSA) is 59.4 Å². The van der Waals surface area contributed by atoms with Gasteiger partial charge in [0.05, 0.1) is 0 Å². The van der Waals surface area contributed by atoms with E-state index in [-0.39, 0.29) is 11.3 Å². The van der Waals surface area contributed by atoms with Crippen molar-refractivity contribution in [3.05, 3.63) is 53.2 Å². The third-order valence-electron chi connectivity index (χ3n) is 2.72. The number of pyridine rings is 1. The van der Waals surface area contributed by atoms with Crippen molar-refractivity contribution in [3.8, 4) is 11.6 Å². The molecule has 0 radical (unpaired) electrons. The first-order chi connectivity index (χ1) is 9.80. The fourth-order valence-electron chi connectivity index (χ4n) is 1.74. The lowest BCUT2D eigenvalue weighted by atomic mass is 10.1. The van der Waals surface area contributed by atoms with Crippen molar-refractivity contribution in [1.29, 1.82) is 0 Å². The molecule has 0 aliphatic rings. The van der Waals surface area contributed by atoms with Crippen LogP contribution in [0.1, 0.15) is 21.5 Å². The molecule has 0 spiro atoms. The summed E-state index contributed by atoms with van der Waals surface area (Å²) in [6, 6.07) is 6.22. The van der Waals surface area contributed by atoms with Crippen LogP contribution in [-0.4, -0.2) is 16.1 Å². The predicted molar refractivity (Wildman–Crippen MR) is 67.5 cm³/mol. The molecule has 2 aromatic rings. The second-order valence-corrected chi connectivity index (χ2v) is 4.21. The number of carboxylic acids is 1. The highest BCUT2D eigenvalue weighted by atomic mass is 19.4. The van der Waals surface area contributed by atoms with E-state index >= 15 is 0 Å². The van der Waals surface area contributed by atoms with Crippen LogP contribution in [-0.2, 0) is 6.18 Å². The van der Waals surface area contributed by atoms with Crippen LogP contribution in [0.4, 0.5) is 13.2 Å². The van der Waals surface area contributed by atoms with Crippen LogP contribution < -0.4 is 4.74 Å². The van der Waals surface area contributed by atoms with Crippen LogP contribution >= 0.6 is 0 Å². The number of hydrogen-bond acceptors (Lipinski definition) is 3. The monoisotopic (exact) mass is 297 g/mol. The van der Waals surface area contributed by atoms with E-state index in [1.54, 1.807) is 0 Å². The van der Waals surface area contributed by atoms with E-state index in [9.17, 15) is 18.0 Å². The molecular formula is C14H10F3NO3. The highest BCUT2D eigenvalue weighted by Crippen LogP contribution is 2.38. The summed E-state index contributed by atoms with van der Waals surface area (Å²) in [6.07, 6.45) is -3.50. The van der Waals surface area contributed by atoms with Crippen molar-refractivity contribution >= 4 is 5.97 Å². The smallest absolute Gasteiger partial charge is 0.421 e. The number of halogens is 3. The Kier molecular flexibility index (Phi) is 3.84. The molecule has 0 fully saturated rings. The Balaban J connectivity index is 2.52. The van der Waals surface area contributed by atoms with Gasteiger partial charge in [-0.2, -0.15) is 13.2 Å². The van der Waals surface area contributed by atoms with Gasteiger partial charge in [-0.25, -0.2) is 9.78 Å². The first-order valence-electron chi connectivity index (χ1n) is 5.83. The lowest BCUT2D eigenvalue weighted by Crippen LogP contribution is -2.09. The fraction of sp³-hybridized carbons (Fsp3) is 0.143. The number of aromatic nitrogens is 1. The maximum absolute atomic E-state index is 12.9. The number of carboxylic acid groups (broad SMARTS) is 1. The number of aromatic carboxylic acids is 1. The number of alkyl halides is 3. The average molecular weight is 297 g/mol. The summed E-state index contributed by atoms with van der Waals surface area (Å²) in [5.41, 5.74) is -0.896. The molecule has 0 unspecified atom stereocenters. The second-order valence-electron chi connectivity index (χ2n) is 4.21. The van der Waals surface area contributed by atoms with Gasteiger partial charge in [-0.3, -0.25) is 0 Å². The van der Waals surface area contributed by atoms with Gasteiger partial charge in [0.15, 0.2) is 0 Å². The Bertz CT molecular complexity index is 683. The molecule has 110 valence electrons. The number of rotatable bonds is 3. The lowest BCUT2D eigenvalue weighted by molar-refractivity contribution is -0.138. The molecule has 21 heavy (non-hydrogen) atoms. The molecule has 0 bridgehead atoms. The lowest BCUT2D eigenvalue weighted by Gasteiger charge is -2.14. The summed E-state index contributed by atoms with van der Waals surface area (Å²) >= 11 is 0. The number of aryl methyl sites for hydroxylation is 1. The van der Waals surface area contributed by atoms with Gasteiger partial charge in [0.25, 0.3) is 0 Å². The van der Waals surface area contributed by atoms with E-state index in [0.29, 0.717) is 5.56 Å². The molecule has 1 N–H and O–H groups in total. The van der Waals surface area contributed by atoms with Crippen molar-refractivity contribution in [2.45, 2.75) is 13.1 Å². The summed E-state index contributed by atoms with van der Waals surface area (Å²) in [5.74, 6) is -2.13. The van der Waals surface area contributed by atoms with Crippen LogP contribution in [0, 0.1) is 6.92 Å². The molecule has 1 aromatic carbocycles. The summed E-state index contributed by atoms with van der Waals surface area (Å²) < 4.78 is 43.8. The van der Waals surface area contributed by atoms with Crippen molar-refractivity contribution < 1.29 is 27.8 Å². The van der Waals surface area contributed by atoms with Crippen LogP contribution in [0.5, 0.6) is 11.6 Å². The normalized spacial score (nSPS) is 11.2. The first-order valence-corrected chi connectivity index (χ1v) is 5.83. The molecule has 1 aromatic heterocycles. The third-order valence-corrected chi connectivity index (χ3v) is 2.72. The molecule has 1 heterocycles. The number of nitrogens with zero attached hydrogens (tertiary/aromatic N) is 1. The zero-order chi connectivity index (χ0) is 15.6. The molecule has 0 amide bonds. The van der Waals surface area contributed by atoms with E-state index < -0.39 is 23.6 Å². The van der Waals surface area contributed by atoms with Crippen molar-refractivity contribution in [2.75, 3.05) is 0 Å². The second kappa shape index (κ2) is 5.43. The minimum Gasteiger partial charge on any atom is -0.478 e. The van der Waals surface area contributed by atoms with E-state index in [0.717, 1.165) is 18.3 Å². The highest BCUT2D eigenvalue weighted by Gasteiger charge is 2.35. The van der Waals surface area contributed by atoms with Crippen molar-refractivity contribution in [2.24, 2.45) is 0 Å². The van der Waals surface area contributed by atoms with Crippen LogP contribution in [0.25, 0.3) is 0 Å². The maximum atomic E-state index is 12.9. The molecule has 0 saturated carbocycles. The average Bonchev–Trinajstić information content (AvgIpc) is 2.40. The Morgan fingerprint density at radius 2 is 1.95 bits per heavy atom. The summed E-state index contributed by atoms with van der Waals surface area (Å²) in [5, 5.41) is 9.07. The van der Waals surface area contributed by atoms with Gasteiger partial charge in [-0.15, -0.1) is 0 Å². The minimum absolute atomic E-state index is 0.158. The van der Waals surface area contributed by atoms with Gasteiger partial charge < -0.3 is 9.84 Å². The van der Waals surface area contributed by atoms with Gasteiger partial charge in [0.2, 0.25) is 5.88 Å². The predicted octanol–water partition coefficient (Wildman–Crippen LogP) is 3.90. The summed E-state index contributed by atoms with van der Waals surface area (Å²) in [7, 11) is 0. The van der Waals surface area contributed by atoms with Gasteiger partial charge in [-0.1, -0.05) is 12.1 Å². The van der Waals surface area contributed by atoms with Gasteiger partial charge >= 0.3 is 12.1 Å². The number of ether oxygens (including phenoxy) is 1. The molecule has 7 heteroatoms. The van der Waals surface area contributed by atoms with Gasteiger partial charge in [0.1, 0.15) is 16.9 Å².